The largest absolute Gasteiger partial charge is 0.462 e. The quantitative estimate of drug-likeness (QED) is 0.740. The highest BCUT2D eigenvalue weighted by atomic mass is 32.2. The van der Waals surface area contributed by atoms with Crippen LogP contribution in [0.5, 0.6) is 0 Å². The second-order valence-corrected chi connectivity index (χ2v) is 9.41. The Hall–Kier alpha value is -2.26. The number of ether oxygens (including phenoxy) is 1. The van der Waals surface area contributed by atoms with Crippen LogP contribution in [0.3, 0.4) is 0 Å². The Balaban J connectivity index is 1.57. The number of aliphatic imine (C=N–C) groups is 2. The molecule has 4 rings (SSSR count). The van der Waals surface area contributed by atoms with Crippen molar-refractivity contribution >= 4 is 52.2 Å². The molecule has 1 amide bonds. The molecular formula is C19H19N3O4S2. The zero-order valence-electron chi connectivity index (χ0n) is 15.6. The molecule has 1 aliphatic carbocycles. The van der Waals surface area contributed by atoms with Gasteiger partial charge in [0.05, 0.1) is 34.7 Å². The Kier molecular flexibility index (Phi) is 4.75. The van der Waals surface area contributed by atoms with E-state index in [2.05, 4.69) is 15.3 Å². The molecule has 0 aromatic heterocycles. The van der Waals surface area contributed by atoms with E-state index < -0.39 is 21.5 Å². The summed E-state index contributed by atoms with van der Waals surface area (Å²) in [6, 6.07) is 4.93. The number of thioether (sulfide) groups is 1. The summed E-state index contributed by atoms with van der Waals surface area (Å²) in [5, 5.41) is 4.51. The molecule has 28 heavy (non-hydrogen) atoms. The van der Waals surface area contributed by atoms with E-state index in [0.717, 1.165) is 5.56 Å². The van der Waals surface area contributed by atoms with Crippen LogP contribution in [-0.4, -0.2) is 57.0 Å². The molecule has 1 saturated carbocycles. The van der Waals surface area contributed by atoms with Crippen LogP contribution in [0.2, 0.25) is 0 Å². The Morgan fingerprint density at radius 2 is 2.18 bits per heavy atom. The number of carbonyl (C=O) groups excluding carboxylic acids is 2. The maximum atomic E-state index is 13.0. The lowest BCUT2D eigenvalue weighted by Crippen LogP contribution is -2.30. The number of nitrogens with one attached hydrogen (secondary N) is 1. The summed E-state index contributed by atoms with van der Waals surface area (Å²) in [7, 11) is -1.06. The van der Waals surface area contributed by atoms with Gasteiger partial charge in [-0.1, -0.05) is 6.07 Å². The summed E-state index contributed by atoms with van der Waals surface area (Å²) >= 11 is 1.47. The summed E-state index contributed by atoms with van der Waals surface area (Å²) in [4.78, 5) is 33.6. The zero-order valence-corrected chi connectivity index (χ0v) is 17.2. The summed E-state index contributed by atoms with van der Waals surface area (Å²) in [6.07, 6.45) is 3.11. The Bertz CT molecular complexity index is 1000. The van der Waals surface area contributed by atoms with Gasteiger partial charge >= 0.3 is 5.97 Å². The van der Waals surface area contributed by atoms with E-state index in [9.17, 15) is 13.8 Å². The standard InChI is InChI=1S/C19H19N3O4S2/c1-4-26-18(24)11-6-5-10(2)13(7-11)22-17(23)12-8-27-19-14(12)20-9-21-15(19)16(19)28(3)25/h5-9,15-16H,4H2,1-3H3,(H,22,23). The van der Waals surface area contributed by atoms with Crippen LogP contribution in [0.1, 0.15) is 22.8 Å². The van der Waals surface area contributed by atoms with Gasteiger partial charge in [-0.05, 0) is 37.0 Å². The van der Waals surface area contributed by atoms with Crippen molar-refractivity contribution in [2.24, 2.45) is 9.98 Å². The van der Waals surface area contributed by atoms with E-state index >= 15 is 0 Å². The Morgan fingerprint density at radius 1 is 1.39 bits per heavy atom. The average Bonchev–Trinajstić information content (AvgIpc) is 3.18. The summed E-state index contributed by atoms with van der Waals surface area (Å²) in [5.74, 6) is -0.747. The lowest BCUT2D eigenvalue weighted by Gasteiger charge is -2.15. The van der Waals surface area contributed by atoms with E-state index in [1.54, 1.807) is 36.8 Å². The first-order valence-corrected chi connectivity index (χ1v) is 11.3. The highest BCUT2D eigenvalue weighted by Crippen LogP contribution is 2.60. The second kappa shape index (κ2) is 6.97. The molecule has 0 saturated heterocycles. The number of hydrogen-bond donors (Lipinski definition) is 1. The van der Waals surface area contributed by atoms with Crippen molar-refractivity contribution in [2.45, 2.75) is 29.9 Å². The average molecular weight is 418 g/mol. The number of amides is 1. The Labute approximate surface area is 169 Å². The summed E-state index contributed by atoms with van der Waals surface area (Å²) < 4.78 is 16.6. The highest BCUT2D eigenvalue weighted by Gasteiger charge is 2.74. The fourth-order valence-electron chi connectivity index (χ4n) is 3.61. The molecule has 1 aromatic rings. The predicted molar refractivity (Wildman–Crippen MR) is 112 cm³/mol. The molecule has 4 unspecified atom stereocenters. The van der Waals surface area contributed by atoms with Crippen molar-refractivity contribution in [3.63, 3.8) is 0 Å². The number of hydrogen-bond acceptors (Lipinski definition) is 7. The van der Waals surface area contributed by atoms with Crippen molar-refractivity contribution in [2.75, 3.05) is 18.2 Å². The van der Waals surface area contributed by atoms with Gasteiger partial charge < -0.3 is 10.1 Å². The van der Waals surface area contributed by atoms with E-state index in [-0.39, 0.29) is 23.8 Å². The molecule has 2 heterocycles. The van der Waals surface area contributed by atoms with Gasteiger partial charge in [-0.15, -0.1) is 11.8 Å². The molecule has 3 aliphatic rings. The molecule has 0 radical (unpaired) electrons. The minimum absolute atomic E-state index is 0.105. The first kappa shape index (κ1) is 19.1. The molecule has 7 nitrogen and oxygen atoms in total. The predicted octanol–water partition coefficient (Wildman–Crippen LogP) is 2.09. The minimum atomic E-state index is -1.06. The third kappa shape index (κ3) is 2.84. The van der Waals surface area contributed by atoms with Crippen LogP contribution in [0.15, 0.2) is 39.2 Å². The first-order valence-electron chi connectivity index (χ1n) is 8.79. The van der Waals surface area contributed by atoms with Crippen LogP contribution >= 0.6 is 11.8 Å². The fraction of sp³-hybridized carbons (Fsp3) is 0.368. The van der Waals surface area contributed by atoms with E-state index in [0.29, 0.717) is 22.5 Å². The van der Waals surface area contributed by atoms with Crippen LogP contribution in [0, 0.1) is 6.92 Å². The lowest BCUT2D eigenvalue weighted by molar-refractivity contribution is -0.112. The molecule has 2 aliphatic heterocycles. The van der Waals surface area contributed by atoms with E-state index in [1.807, 2.05) is 6.92 Å². The first-order chi connectivity index (χ1) is 13.4. The van der Waals surface area contributed by atoms with Gasteiger partial charge in [0, 0.05) is 22.7 Å². The third-order valence-electron chi connectivity index (χ3n) is 5.05. The van der Waals surface area contributed by atoms with Gasteiger partial charge in [0.2, 0.25) is 0 Å². The number of esters is 1. The normalized spacial score (nSPS) is 27.8. The number of carbonyl (C=O) groups is 2. The van der Waals surface area contributed by atoms with Gasteiger partial charge in [-0.3, -0.25) is 14.0 Å². The number of benzene rings is 1. The molecule has 146 valence electrons. The van der Waals surface area contributed by atoms with Gasteiger partial charge in [0.25, 0.3) is 5.91 Å². The monoisotopic (exact) mass is 417 g/mol. The third-order valence-corrected chi connectivity index (χ3v) is 7.98. The molecule has 4 atom stereocenters. The molecule has 1 spiro atoms. The highest BCUT2D eigenvalue weighted by molar-refractivity contribution is 8.06. The molecule has 1 N–H and O–H groups in total. The van der Waals surface area contributed by atoms with Gasteiger partial charge in [0.1, 0.15) is 11.1 Å². The molecule has 9 heteroatoms. The van der Waals surface area contributed by atoms with Crippen molar-refractivity contribution in [1.82, 2.24) is 0 Å². The number of rotatable bonds is 5. The summed E-state index contributed by atoms with van der Waals surface area (Å²) in [5.41, 5.74) is 2.83. The van der Waals surface area contributed by atoms with Crippen LogP contribution < -0.4 is 5.32 Å². The van der Waals surface area contributed by atoms with Crippen LogP contribution in [0.4, 0.5) is 5.69 Å². The van der Waals surface area contributed by atoms with E-state index in [4.69, 9.17) is 4.74 Å². The van der Waals surface area contributed by atoms with Crippen LogP contribution in [-0.2, 0) is 20.3 Å². The molecule has 0 bridgehead atoms. The number of aryl methyl sites for hydroxylation is 1. The van der Waals surface area contributed by atoms with E-state index in [1.165, 1.54) is 18.1 Å². The summed E-state index contributed by atoms with van der Waals surface area (Å²) in [6.45, 7) is 3.87. The SMILES string of the molecule is CCOC(=O)c1ccc(C)c(NC(=O)C2=CSC34C2=NC=NC3C4S(C)=O)c1. The fourth-order valence-corrected chi connectivity index (χ4v) is 6.92. The maximum Gasteiger partial charge on any atom is 0.338 e. The molecule has 1 aromatic carbocycles. The molecular weight excluding hydrogens is 398 g/mol. The minimum Gasteiger partial charge on any atom is -0.462 e. The zero-order chi connectivity index (χ0) is 20.1. The van der Waals surface area contributed by atoms with Gasteiger partial charge in [-0.25, -0.2) is 9.79 Å². The van der Waals surface area contributed by atoms with Crippen molar-refractivity contribution in [1.29, 1.82) is 0 Å². The van der Waals surface area contributed by atoms with Crippen LogP contribution in [0.25, 0.3) is 0 Å². The Morgan fingerprint density at radius 3 is 2.89 bits per heavy atom. The number of anilines is 1. The number of nitrogens with zero attached hydrogens (tertiary/aromatic N) is 2. The topological polar surface area (TPSA) is 97.2 Å². The van der Waals surface area contributed by atoms with Gasteiger partial charge in [0.15, 0.2) is 0 Å². The smallest absolute Gasteiger partial charge is 0.338 e. The van der Waals surface area contributed by atoms with Crippen molar-refractivity contribution in [3.8, 4) is 0 Å². The maximum absolute atomic E-state index is 13.0. The van der Waals surface area contributed by atoms with Crippen molar-refractivity contribution < 1.29 is 18.5 Å². The lowest BCUT2D eigenvalue weighted by atomic mass is 10.1. The van der Waals surface area contributed by atoms with Crippen molar-refractivity contribution in [3.05, 3.63) is 40.3 Å². The van der Waals surface area contributed by atoms with Gasteiger partial charge in [-0.2, -0.15) is 0 Å². The molecule has 1 fully saturated rings. The second-order valence-electron chi connectivity index (χ2n) is 6.75.